The highest BCUT2D eigenvalue weighted by Crippen LogP contribution is 2.42. The molecule has 1 N–H and O–H groups in total. The molecule has 0 saturated carbocycles. The van der Waals surface area contributed by atoms with Gasteiger partial charge >= 0.3 is 0 Å². The molecule has 3 heterocycles. The molecule has 0 radical (unpaired) electrons. The number of para-hydroxylation sites is 2. The molecule has 2 aliphatic rings. The van der Waals surface area contributed by atoms with Crippen LogP contribution in [0.5, 0.6) is 17.2 Å². The van der Waals surface area contributed by atoms with Crippen molar-refractivity contribution >= 4 is 16.8 Å². The SMILES string of the molecule is COc1ccccc1C1c2[nH]c3ccccc3c2CCN1C(=O)c1ccc2c(c1)OCO2. The summed E-state index contributed by atoms with van der Waals surface area (Å²) in [7, 11) is 1.66. The van der Waals surface area contributed by atoms with Gasteiger partial charge in [0.05, 0.1) is 7.11 Å². The third kappa shape index (κ3) is 2.83. The van der Waals surface area contributed by atoms with E-state index in [4.69, 9.17) is 14.2 Å². The van der Waals surface area contributed by atoms with Crippen LogP contribution in [0.3, 0.4) is 0 Å². The first-order chi connectivity index (χ1) is 15.7. The maximum atomic E-state index is 13.8. The molecule has 1 aromatic heterocycles. The Morgan fingerprint density at radius 3 is 2.75 bits per heavy atom. The summed E-state index contributed by atoms with van der Waals surface area (Å²) >= 11 is 0. The highest BCUT2D eigenvalue weighted by atomic mass is 16.7. The molecule has 0 saturated heterocycles. The van der Waals surface area contributed by atoms with Crippen molar-refractivity contribution in [1.82, 2.24) is 9.88 Å². The van der Waals surface area contributed by atoms with Crippen molar-refractivity contribution in [3.05, 3.63) is 89.1 Å². The third-order valence-corrected chi connectivity index (χ3v) is 6.35. The molecule has 6 rings (SSSR count). The summed E-state index contributed by atoms with van der Waals surface area (Å²) in [6.07, 6.45) is 0.779. The fraction of sp³-hybridized carbons (Fsp3) is 0.192. The number of nitrogens with one attached hydrogen (secondary N) is 1. The van der Waals surface area contributed by atoms with E-state index >= 15 is 0 Å². The van der Waals surface area contributed by atoms with Crippen LogP contribution in [0.4, 0.5) is 0 Å². The summed E-state index contributed by atoms with van der Waals surface area (Å²) in [5.41, 5.74) is 4.90. The van der Waals surface area contributed by atoms with Gasteiger partial charge in [0.25, 0.3) is 5.91 Å². The van der Waals surface area contributed by atoms with Crippen molar-refractivity contribution in [1.29, 1.82) is 0 Å². The minimum atomic E-state index is -0.291. The van der Waals surface area contributed by atoms with Crippen molar-refractivity contribution in [3.8, 4) is 17.2 Å². The van der Waals surface area contributed by atoms with E-state index in [1.807, 2.05) is 35.2 Å². The molecule has 1 atom stereocenters. The molecule has 1 unspecified atom stereocenters. The number of nitrogens with zero attached hydrogens (tertiary/aromatic N) is 1. The number of carbonyl (C=O) groups is 1. The zero-order valence-electron chi connectivity index (χ0n) is 17.6. The van der Waals surface area contributed by atoms with E-state index < -0.39 is 0 Å². The van der Waals surface area contributed by atoms with Crippen molar-refractivity contribution in [2.24, 2.45) is 0 Å². The molecular formula is C26H22N2O4. The highest BCUT2D eigenvalue weighted by Gasteiger charge is 2.36. The first kappa shape index (κ1) is 18.8. The third-order valence-electron chi connectivity index (χ3n) is 6.35. The van der Waals surface area contributed by atoms with Crippen molar-refractivity contribution in [2.75, 3.05) is 20.4 Å². The Morgan fingerprint density at radius 1 is 1.03 bits per heavy atom. The Hall–Kier alpha value is -3.93. The maximum Gasteiger partial charge on any atom is 0.254 e. The monoisotopic (exact) mass is 426 g/mol. The van der Waals surface area contributed by atoms with Gasteiger partial charge in [-0.1, -0.05) is 36.4 Å². The summed E-state index contributed by atoms with van der Waals surface area (Å²) in [5, 5.41) is 1.21. The van der Waals surface area contributed by atoms with Crippen LogP contribution >= 0.6 is 0 Å². The number of methoxy groups -OCH3 is 1. The van der Waals surface area contributed by atoms with Crippen LogP contribution in [0.1, 0.15) is 33.2 Å². The average molecular weight is 426 g/mol. The largest absolute Gasteiger partial charge is 0.496 e. The number of benzene rings is 3. The summed E-state index contributed by atoms with van der Waals surface area (Å²) in [5.74, 6) is 1.98. The van der Waals surface area contributed by atoms with E-state index in [1.54, 1.807) is 25.3 Å². The van der Waals surface area contributed by atoms with Crippen LogP contribution in [0.2, 0.25) is 0 Å². The Balaban J connectivity index is 1.50. The fourth-order valence-electron chi connectivity index (χ4n) is 4.87. The zero-order valence-corrected chi connectivity index (χ0v) is 17.6. The van der Waals surface area contributed by atoms with Gasteiger partial charge in [-0.25, -0.2) is 0 Å². The summed E-state index contributed by atoms with van der Waals surface area (Å²) in [6.45, 7) is 0.782. The second kappa shape index (κ2) is 7.34. The van der Waals surface area contributed by atoms with Gasteiger partial charge in [-0.3, -0.25) is 4.79 Å². The lowest BCUT2D eigenvalue weighted by molar-refractivity contribution is 0.0689. The van der Waals surface area contributed by atoms with E-state index in [2.05, 4.69) is 23.2 Å². The first-order valence-electron chi connectivity index (χ1n) is 10.7. The second-order valence-electron chi connectivity index (χ2n) is 8.02. The molecule has 0 fully saturated rings. The molecule has 32 heavy (non-hydrogen) atoms. The Kier molecular flexibility index (Phi) is 4.31. The smallest absolute Gasteiger partial charge is 0.254 e. The minimum absolute atomic E-state index is 0.0523. The van der Waals surface area contributed by atoms with Crippen LogP contribution in [-0.4, -0.2) is 36.2 Å². The van der Waals surface area contributed by atoms with Crippen molar-refractivity contribution in [3.63, 3.8) is 0 Å². The number of hydrogen-bond donors (Lipinski definition) is 1. The van der Waals surface area contributed by atoms with Crippen molar-refractivity contribution in [2.45, 2.75) is 12.5 Å². The van der Waals surface area contributed by atoms with E-state index in [-0.39, 0.29) is 18.7 Å². The Morgan fingerprint density at radius 2 is 1.84 bits per heavy atom. The van der Waals surface area contributed by atoms with Gasteiger partial charge in [-0.15, -0.1) is 0 Å². The van der Waals surface area contributed by atoms with Gasteiger partial charge in [0.15, 0.2) is 11.5 Å². The standard InChI is InChI=1S/C26H22N2O4/c1-30-21-9-5-3-7-19(21)25-24-18(17-6-2-4-8-20(17)27-24)12-13-28(25)26(29)16-10-11-22-23(14-16)32-15-31-22/h2-11,14,25,27H,12-13,15H2,1H3. The number of rotatable bonds is 3. The molecule has 0 spiro atoms. The molecule has 0 bridgehead atoms. The number of hydrogen-bond acceptors (Lipinski definition) is 4. The van der Waals surface area contributed by atoms with Gasteiger partial charge in [0.1, 0.15) is 11.8 Å². The van der Waals surface area contributed by atoms with Crippen LogP contribution in [0, 0.1) is 0 Å². The summed E-state index contributed by atoms with van der Waals surface area (Å²) < 4.78 is 16.6. The first-order valence-corrected chi connectivity index (χ1v) is 10.7. The number of aromatic nitrogens is 1. The van der Waals surface area contributed by atoms with Gasteiger partial charge < -0.3 is 24.1 Å². The summed E-state index contributed by atoms with van der Waals surface area (Å²) in [4.78, 5) is 19.3. The quantitative estimate of drug-likeness (QED) is 0.516. The molecule has 6 nitrogen and oxygen atoms in total. The Bertz CT molecular complexity index is 1340. The van der Waals surface area contributed by atoms with Crippen LogP contribution in [-0.2, 0) is 6.42 Å². The molecule has 2 aliphatic heterocycles. The molecule has 0 aliphatic carbocycles. The molecular weight excluding hydrogens is 404 g/mol. The number of fused-ring (bicyclic) bond motifs is 4. The van der Waals surface area contributed by atoms with E-state index in [0.29, 0.717) is 23.6 Å². The van der Waals surface area contributed by atoms with Crippen LogP contribution in [0.25, 0.3) is 10.9 Å². The second-order valence-corrected chi connectivity index (χ2v) is 8.02. The molecule has 3 aromatic carbocycles. The van der Waals surface area contributed by atoms with E-state index in [0.717, 1.165) is 28.9 Å². The van der Waals surface area contributed by atoms with E-state index in [1.165, 1.54) is 10.9 Å². The lowest BCUT2D eigenvalue weighted by Gasteiger charge is -2.37. The van der Waals surface area contributed by atoms with E-state index in [9.17, 15) is 4.79 Å². The maximum absolute atomic E-state index is 13.8. The lowest BCUT2D eigenvalue weighted by Crippen LogP contribution is -2.40. The molecule has 6 heteroatoms. The average Bonchev–Trinajstić information content (AvgIpc) is 3.46. The minimum Gasteiger partial charge on any atom is -0.496 e. The van der Waals surface area contributed by atoms with Crippen LogP contribution in [0.15, 0.2) is 66.7 Å². The molecule has 4 aromatic rings. The van der Waals surface area contributed by atoms with Crippen LogP contribution < -0.4 is 14.2 Å². The lowest BCUT2D eigenvalue weighted by atomic mass is 9.91. The van der Waals surface area contributed by atoms with Gasteiger partial charge in [0.2, 0.25) is 6.79 Å². The topological polar surface area (TPSA) is 63.8 Å². The van der Waals surface area contributed by atoms with Gasteiger partial charge in [0, 0.05) is 34.3 Å². The number of ether oxygens (including phenoxy) is 3. The highest BCUT2D eigenvalue weighted by molar-refractivity contribution is 5.96. The zero-order chi connectivity index (χ0) is 21.7. The molecule has 160 valence electrons. The fourth-order valence-corrected chi connectivity index (χ4v) is 4.87. The van der Waals surface area contributed by atoms with Gasteiger partial charge in [-0.2, -0.15) is 0 Å². The number of H-pyrrole nitrogens is 1. The van der Waals surface area contributed by atoms with Gasteiger partial charge in [-0.05, 0) is 42.3 Å². The molecule has 1 amide bonds. The number of aromatic amines is 1. The summed E-state index contributed by atoms with van der Waals surface area (Å²) in [6, 6.07) is 21.3. The number of amides is 1. The predicted molar refractivity (Wildman–Crippen MR) is 120 cm³/mol. The Labute approximate surface area is 185 Å². The normalized spacial score (nSPS) is 16.8. The number of carbonyl (C=O) groups excluding carboxylic acids is 1. The predicted octanol–water partition coefficient (Wildman–Crippen LogP) is 4.69. The van der Waals surface area contributed by atoms with Crippen molar-refractivity contribution < 1.29 is 19.0 Å².